The van der Waals surface area contributed by atoms with Gasteiger partial charge in [-0.05, 0) is 38.7 Å². The van der Waals surface area contributed by atoms with E-state index in [1.165, 1.54) is 0 Å². The average Bonchev–Trinajstić information content (AvgIpc) is 2.53. The Hall–Kier alpha value is -1.17. The van der Waals surface area contributed by atoms with Crippen molar-refractivity contribution in [2.24, 2.45) is 0 Å². The molecule has 0 bridgehead atoms. The van der Waals surface area contributed by atoms with E-state index in [0.29, 0.717) is 10.6 Å². The quantitative estimate of drug-likeness (QED) is 0.871. The van der Waals surface area contributed by atoms with E-state index in [9.17, 15) is 4.79 Å². The molecule has 2 unspecified atom stereocenters. The Morgan fingerprint density at radius 3 is 2.35 bits per heavy atom. The van der Waals surface area contributed by atoms with Gasteiger partial charge in [0.05, 0.1) is 0 Å². The van der Waals surface area contributed by atoms with Crippen LogP contribution in [0.15, 0.2) is 24.3 Å². The molecule has 1 fully saturated rings. The van der Waals surface area contributed by atoms with Crippen molar-refractivity contribution in [3.8, 4) is 0 Å². The molecule has 1 heterocycles. The van der Waals surface area contributed by atoms with E-state index in [2.05, 4.69) is 0 Å². The molecule has 20 heavy (non-hydrogen) atoms. The summed E-state index contributed by atoms with van der Waals surface area (Å²) in [6.07, 6.45) is -0.901. The average molecular weight is 312 g/mol. The Balaban J connectivity index is 2.33. The molecule has 1 aliphatic rings. The van der Waals surface area contributed by atoms with E-state index < -0.39 is 20.0 Å². The molecule has 6 heteroatoms. The summed E-state index contributed by atoms with van der Waals surface area (Å²) in [6.45, 7) is 7.60. The summed E-state index contributed by atoms with van der Waals surface area (Å²) in [6, 6.07) is 6.89. The fraction of sp³-hybridized carbons (Fsp3) is 0.429. The highest BCUT2D eigenvalue weighted by atomic mass is 35.5. The summed E-state index contributed by atoms with van der Waals surface area (Å²) in [5, 5.41) is 8.48. The first-order chi connectivity index (χ1) is 9.13. The number of ketones is 1. The van der Waals surface area contributed by atoms with Crippen molar-refractivity contribution in [3.05, 3.63) is 34.9 Å². The molecule has 2 rings (SSSR count). The standard InChI is InChI=1S/C14H18ClNO3Si/c1-14(9-5-7-10(15)8-6-9)12(17)11(13(16)18-14)19-20(2,3)4/h5-8,11,16H,1-4H3. The zero-order valence-electron chi connectivity index (χ0n) is 12.0. The zero-order valence-corrected chi connectivity index (χ0v) is 13.7. The lowest BCUT2D eigenvalue weighted by atomic mass is 9.91. The van der Waals surface area contributed by atoms with Crippen molar-refractivity contribution < 1.29 is 14.0 Å². The maximum Gasteiger partial charge on any atom is 0.218 e. The number of carbonyl (C=O) groups is 1. The molecule has 1 saturated heterocycles. The Labute approximate surface area is 124 Å². The van der Waals surface area contributed by atoms with Crippen LogP contribution in [0.5, 0.6) is 0 Å². The van der Waals surface area contributed by atoms with Crippen LogP contribution < -0.4 is 0 Å². The Morgan fingerprint density at radius 2 is 1.85 bits per heavy atom. The van der Waals surface area contributed by atoms with Crippen LogP contribution in [0.4, 0.5) is 0 Å². The van der Waals surface area contributed by atoms with E-state index in [4.69, 9.17) is 26.2 Å². The third-order valence-electron chi connectivity index (χ3n) is 3.13. The Kier molecular flexibility index (Phi) is 3.79. The molecule has 1 aliphatic heterocycles. The second kappa shape index (κ2) is 4.98. The number of ether oxygens (including phenoxy) is 1. The van der Waals surface area contributed by atoms with Crippen molar-refractivity contribution in [1.29, 1.82) is 5.41 Å². The fourth-order valence-corrected chi connectivity index (χ4v) is 3.17. The first-order valence-electron chi connectivity index (χ1n) is 6.39. The number of benzene rings is 1. The molecule has 0 saturated carbocycles. The van der Waals surface area contributed by atoms with E-state index >= 15 is 0 Å². The summed E-state index contributed by atoms with van der Waals surface area (Å²) in [4.78, 5) is 12.6. The van der Waals surface area contributed by atoms with E-state index in [0.717, 1.165) is 0 Å². The molecule has 0 spiro atoms. The fourth-order valence-electron chi connectivity index (χ4n) is 2.12. The van der Waals surface area contributed by atoms with Crippen LogP contribution in [0, 0.1) is 5.41 Å². The zero-order chi connectivity index (χ0) is 15.1. The summed E-state index contributed by atoms with van der Waals surface area (Å²) < 4.78 is 11.3. The minimum absolute atomic E-state index is 0.116. The van der Waals surface area contributed by atoms with Gasteiger partial charge in [0, 0.05) is 10.6 Å². The first kappa shape index (κ1) is 15.2. The molecule has 0 amide bonds. The van der Waals surface area contributed by atoms with Crippen LogP contribution >= 0.6 is 11.6 Å². The molecule has 0 aliphatic carbocycles. The Bertz CT molecular complexity index is 553. The van der Waals surface area contributed by atoms with Crippen LogP contribution in [0.25, 0.3) is 0 Å². The maximum absolute atomic E-state index is 12.6. The minimum atomic E-state index is -1.94. The van der Waals surface area contributed by atoms with Gasteiger partial charge in [-0.2, -0.15) is 0 Å². The highest BCUT2D eigenvalue weighted by molar-refractivity contribution is 6.70. The molecular weight excluding hydrogens is 294 g/mol. The molecule has 1 aromatic rings. The number of carbonyl (C=O) groups excluding carboxylic acids is 1. The van der Waals surface area contributed by atoms with Gasteiger partial charge in [0.1, 0.15) is 0 Å². The lowest BCUT2D eigenvalue weighted by Crippen LogP contribution is -2.40. The second-order valence-corrected chi connectivity index (χ2v) is 10.9. The molecule has 2 atom stereocenters. The number of rotatable bonds is 3. The third-order valence-corrected chi connectivity index (χ3v) is 4.32. The van der Waals surface area contributed by atoms with Crippen molar-refractivity contribution in [3.63, 3.8) is 0 Å². The van der Waals surface area contributed by atoms with Crippen LogP contribution in [0.3, 0.4) is 0 Å². The smallest absolute Gasteiger partial charge is 0.218 e. The molecule has 108 valence electrons. The number of Topliss-reactive ketones (excluding diaryl/α,β-unsaturated/α-hetero) is 1. The monoisotopic (exact) mass is 311 g/mol. The lowest BCUT2D eigenvalue weighted by Gasteiger charge is -2.23. The lowest BCUT2D eigenvalue weighted by molar-refractivity contribution is -0.133. The van der Waals surface area contributed by atoms with Crippen molar-refractivity contribution in [2.75, 3.05) is 0 Å². The summed E-state index contributed by atoms with van der Waals surface area (Å²) in [7, 11) is -1.94. The van der Waals surface area contributed by atoms with Crippen molar-refractivity contribution in [1.82, 2.24) is 0 Å². The predicted molar refractivity (Wildman–Crippen MR) is 80.8 cm³/mol. The van der Waals surface area contributed by atoms with E-state index in [-0.39, 0.29) is 11.7 Å². The van der Waals surface area contributed by atoms with Gasteiger partial charge in [-0.1, -0.05) is 23.7 Å². The van der Waals surface area contributed by atoms with E-state index in [1.54, 1.807) is 31.2 Å². The molecular formula is C14H18ClNO3Si. The van der Waals surface area contributed by atoms with Crippen LogP contribution in [-0.2, 0) is 19.6 Å². The second-order valence-electron chi connectivity index (χ2n) is 5.98. The summed E-state index contributed by atoms with van der Waals surface area (Å²) >= 11 is 5.86. The number of halogens is 1. The highest BCUT2D eigenvalue weighted by Crippen LogP contribution is 2.36. The van der Waals surface area contributed by atoms with Gasteiger partial charge in [0.25, 0.3) is 0 Å². The molecule has 0 radical (unpaired) electrons. The molecule has 0 aromatic heterocycles. The van der Waals surface area contributed by atoms with E-state index in [1.807, 2.05) is 19.6 Å². The topological polar surface area (TPSA) is 59.4 Å². The minimum Gasteiger partial charge on any atom is -0.460 e. The van der Waals surface area contributed by atoms with Crippen LogP contribution in [0.2, 0.25) is 24.7 Å². The van der Waals surface area contributed by atoms with Gasteiger partial charge in [-0.15, -0.1) is 0 Å². The van der Waals surface area contributed by atoms with Crippen molar-refractivity contribution in [2.45, 2.75) is 38.3 Å². The van der Waals surface area contributed by atoms with Gasteiger partial charge in [0.15, 0.2) is 20.0 Å². The van der Waals surface area contributed by atoms with Crippen molar-refractivity contribution >= 4 is 31.6 Å². The van der Waals surface area contributed by atoms with Gasteiger partial charge in [0.2, 0.25) is 11.7 Å². The number of hydrogen-bond donors (Lipinski definition) is 1. The van der Waals surface area contributed by atoms with Gasteiger partial charge in [-0.3, -0.25) is 10.2 Å². The number of hydrogen-bond acceptors (Lipinski definition) is 4. The van der Waals surface area contributed by atoms with Crippen LogP contribution in [-0.4, -0.2) is 26.1 Å². The highest BCUT2D eigenvalue weighted by Gasteiger charge is 2.53. The normalized spacial score (nSPS) is 26.8. The molecule has 4 nitrogen and oxygen atoms in total. The molecule has 1 aromatic carbocycles. The third kappa shape index (κ3) is 2.80. The van der Waals surface area contributed by atoms with Gasteiger partial charge >= 0.3 is 0 Å². The maximum atomic E-state index is 12.6. The first-order valence-corrected chi connectivity index (χ1v) is 10.2. The van der Waals surface area contributed by atoms with Gasteiger partial charge < -0.3 is 9.16 Å². The SMILES string of the molecule is CC1(c2ccc(Cl)cc2)OC(=N)C(O[Si](C)(C)C)C1=O. The largest absolute Gasteiger partial charge is 0.460 e. The summed E-state index contributed by atoms with van der Waals surface area (Å²) in [5.41, 5.74) is -0.496. The molecule has 1 N–H and O–H groups in total. The Morgan fingerprint density at radius 1 is 1.30 bits per heavy atom. The predicted octanol–water partition coefficient (Wildman–Crippen LogP) is 3.35. The summed E-state index contributed by atoms with van der Waals surface area (Å²) in [5.74, 6) is -0.345. The number of nitrogens with one attached hydrogen (secondary N) is 1. The van der Waals surface area contributed by atoms with Crippen LogP contribution in [0.1, 0.15) is 12.5 Å². The van der Waals surface area contributed by atoms with Gasteiger partial charge in [-0.25, -0.2) is 0 Å².